The Balaban J connectivity index is 1.22. The van der Waals surface area contributed by atoms with Crippen LogP contribution >= 0.6 is 0 Å². The van der Waals surface area contributed by atoms with Crippen LogP contribution in [0.3, 0.4) is 0 Å². The summed E-state index contributed by atoms with van der Waals surface area (Å²) in [4.78, 5) is 26.4. The second kappa shape index (κ2) is 13.2. The van der Waals surface area contributed by atoms with Gasteiger partial charge in [0.1, 0.15) is 35.6 Å². The van der Waals surface area contributed by atoms with E-state index in [0.29, 0.717) is 11.2 Å². The number of aromatic nitrogens is 2. The van der Waals surface area contributed by atoms with Gasteiger partial charge in [-0.3, -0.25) is 14.3 Å². The first-order chi connectivity index (χ1) is 23.4. The molecule has 4 aromatic carbocycles. The number of benzene rings is 4. The highest BCUT2D eigenvalue weighted by Crippen LogP contribution is 2.42. The normalized spacial score (nSPS) is 20.4. The molecule has 2 fully saturated rings. The molecular weight excluding hydrogens is 615 g/mol. The maximum atomic E-state index is 12.5. The van der Waals surface area contributed by atoms with E-state index < -0.39 is 48.5 Å². The molecule has 0 amide bonds. The Morgan fingerprint density at radius 2 is 1.31 bits per heavy atom. The first-order valence-corrected chi connectivity index (χ1v) is 15.5. The number of nitrogens with one attached hydrogen (secondary N) is 1. The number of hydrogen-bond acceptors (Lipinski definition) is 9. The lowest BCUT2D eigenvalue weighted by Gasteiger charge is -2.36. The van der Waals surface area contributed by atoms with Crippen LogP contribution in [0.15, 0.2) is 125 Å². The summed E-state index contributed by atoms with van der Waals surface area (Å²) in [5.41, 5.74) is 1.17. The van der Waals surface area contributed by atoms with E-state index >= 15 is 0 Å². The predicted octanol–water partition coefficient (Wildman–Crippen LogP) is 2.99. The fraction of sp³-hybridized carbons (Fsp3) is 0.222. The van der Waals surface area contributed by atoms with E-state index in [1.165, 1.54) is 16.8 Å². The van der Waals surface area contributed by atoms with Crippen LogP contribution in [0.1, 0.15) is 22.9 Å². The second-order valence-corrected chi connectivity index (χ2v) is 11.5. The maximum absolute atomic E-state index is 12.5. The Labute approximate surface area is 276 Å². The summed E-state index contributed by atoms with van der Waals surface area (Å²) in [6, 6.07) is 34.2. The zero-order chi connectivity index (χ0) is 33.3. The van der Waals surface area contributed by atoms with Gasteiger partial charge in [-0.05, 0) is 41.9 Å². The Morgan fingerprint density at radius 3 is 1.88 bits per heavy atom. The first kappa shape index (κ1) is 31.5. The zero-order valence-electron chi connectivity index (χ0n) is 26.2. The summed E-state index contributed by atoms with van der Waals surface area (Å²) in [7, 11) is 2.47. The van der Waals surface area contributed by atoms with Crippen molar-refractivity contribution in [3.05, 3.63) is 153 Å². The van der Waals surface area contributed by atoms with Crippen LogP contribution in [0.4, 0.5) is 0 Å². The number of fused-ring (bicyclic) bond motifs is 1. The highest BCUT2D eigenvalue weighted by atomic mass is 16.7. The van der Waals surface area contributed by atoms with Gasteiger partial charge in [0.2, 0.25) is 0 Å². The quantitative estimate of drug-likeness (QED) is 0.174. The largest absolute Gasteiger partial charge is 0.497 e. The van der Waals surface area contributed by atoms with E-state index in [4.69, 9.17) is 28.3 Å². The highest BCUT2D eigenvalue weighted by molar-refractivity contribution is 6.61. The average molecular weight is 648 g/mol. The zero-order valence-corrected chi connectivity index (χ0v) is 26.2. The third-order valence-corrected chi connectivity index (χ3v) is 8.75. The van der Waals surface area contributed by atoms with Gasteiger partial charge in [-0.2, -0.15) is 0 Å². The molecule has 0 unspecified atom stereocenters. The van der Waals surface area contributed by atoms with E-state index in [1.54, 1.807) is 14.2 Å². The van der Waals surface area contributed by atoms with Crippen molar-refractivity contribution in [3.8, 4) is 17.2 Å². The third kappa shape index (κ3) is 5.69. The number of aliphatic hydroxyl groups excluding tert-OH is 1. The van der Waals surface area contributed by atoms with Gasteiger partial charge in [0.15, 0.2) is 11.8 Å². The van der Waals surface area contributed by atoms with E-state index in [-0.39, 0.29) is 6.61 Å². The van der Waals surface area contributed by atoms with Gasteiger partial charge in [0, 0.05) is 29.0 Å². The number of aromatic amines is 1. The fourth-order valence-electron chi connectivity index (χ4n) is 6.36. The summed E-state index contributed by atoms with van der Waals surface area (Å²) in [6.45, 7) is -0.336. The van der Waals surface area contributed by atoms with Gasteiger partial charge in [-0.15, -0.1) is 0 Å². The minimum atomic E-state index is -1.05. The molecule has 0 spiro atoms. The van der Waals surface area contributed by atoms with Crippen LogP contribution in [0.25, 0.3) is 0 Å². The predicted molar refractivity (Wildman–Crippen MR) is 177 cm³/mol. The molecule has 11 nitrogen and oxygen atoms in total. The number of nitrogens with zero attached hydrogens (tertiary/aromatic N) is 1. The molecule has 1 aromatic heterocycles. The van der Waals surface area contributed by atoms with Crippen LogP contribution in [0, 0.1) is 0 Å². The monoisotopic (exact) mass is 648 g/mol. The molecule has 5 aromatic rings. The van der Waals surface area contributed by atoms with Crippen LogP contribution in [-0.4, -0.2) is 60.9 Å². The molecular formula is C36H33BN2O9. The van der Waals surface area contributed by atoms with E-state index in [1.807, 2.05) is 103 Å². The van der Waals surface area contributed by atoms with Gasteiger partial charge in [-0.25, -0.2) is 4.79 Å². The Morgan fingerprint density at radius 1 is 0.750 bits per heavy atom. The summed E-state index contributed by atoms with van der Waals surface area (Å²) in [5, 5.41) is 10.00. The molecule has 2 aliphatic rings. The number of H-pyrrole nitrogens is 1. The van der Waals surface area contributed by atoms with E-state index in [2.05, 4.69) is 4.98 Å². The molecule has 4 atom stereocenters. The number of ether oxygens (including phenoxy) is 4. The summed E-state index contributed by atoms with van der Waals surface area (Å²) in [5.74, 6) is 2.03. The molecule has 0 aliphatic carbocycles. The SMILES string of the molecule is COc1ccc(C(Oc2ccc(B3O[C@@H]4[C@H](O3)[C@@H](CO)O[C@H]4n3ccc(=O)[nH]c3=O)cc2)(c2ccccc2)c2ccc(OC)cc2)cc1. The molecule has 48 heavy (non-hydrogen) atoms. The van der Waals surface area contributed by atoms with Crippen molar-refractivity contribution in [2.75, 3.05) is 20.8 Å². The summed E-state index contributed by atoms with van der Waals surface area (Å²) < 4.78 is 37.6. The van der Waals surface area contributed by atoms with E-state index in [9.17, 15) is 14.7 Å². The van der Waals surface area contributed by atoms with Gasteiger partial charge in [0.05, 0.1) is 20.8 Å². The molecule has 0 bridgehead atoms. The lowest BCUT2D eigenvalue weighted by atomic mass is 9.79. The van der Waals surface area contributed by atoms with Crippen molar-refractivity contribution in [2.45, 2.75) is 30.1 Å². The van der Waals surface area contributed by atoms with Gasteiger partial charge in [-0.1, -0.05) is 66.7 Å². The van der Waals surface area contributed by atoms with Crippen molar-refractivity contribution < 1.29 is 33.4 Å². The second-order valence-electron chi connectivity index (χ2n) is 11.5. The van der Waals surface area contributed by atoms with Crippen LogP contribution in [0.5, 0.6) is 17.2 Å². The molecule has 0 radical (unpaired) electrons. The van der Waals surface area contributed by atoms with Crippen LogP contribution in [0.2, 0.25) is 0 Å². The fourth-order valence-corrected chi connectivity index (χ4v) is 6.36. The van der Waals surface area contributed by atoms with E-state index in [0.717, 1.165) is 28.2 Å². The Bertz CT molecular complexity index is 1920. The van der Waals surface area contributed by atoms with Crippen molar-refractivity contribution in [2.24, 2.45) is 0 Å². The highest BCUT2D eigenvalue weighted by Gasteiger charge is 2.55. The summed E-state index contributed by atoms with van der Waals surface area (Å²) >= 11 is 0. The number of hydrogen-bond donors (Lipinski definition) is 2. The number of aliphatic hydroxyl groups is 1. The lowest BCUT2D eigenvalue weighted by Crippen LogP contribution is -2.39. The van der Waals surface area contributed by atoms with Crippen LogP contribution in [-0.2, 0) is 19.6 Å². The third-order valence-electron chi connectivity index (χ3n) is 8.75. The summed E-state index contributed by atoms with van der Waals surface area (Å²) in [6.07, 6.45) is -1.63. The maximum Gasteiger partial charge on any atom is 0.494 e. The van der Waals surface area contributed by atoms with Crippen molar-refractivity contribution in [1.29, 1.82) is 0 Å². The Kier molecular flexibility index (Phi) is 8.63. The number of rotatable bonds is 10. The Hall–Kier alpha value is -5.14. The molecule has 12 heteroatoms. The standard InChI is InChI=1S/C36H33BN2O9/c1-43-27-14-8-24(9-15-27)36(23-6-4-3-5-7-23,25-10-16-28(44-2)17-11-25)46-29-18-12-26(13-19-29)37-47-32-30(22-40)45-34(33(32)48-37)39-21-20-31(41)38-35(39)42/h3-21,30,32-34,40H,22H2,1-2H3,(H,38,41,42)/t30-,32-,33-,34-/m1/s1. The minimum Gasteiger partial charge on any atom is -0.497 e. The topological polar surface area (TPSA) is 130 Å². The van der Waals surface area contributed by atoms with Crippen molar-refractivity contribution >= 4 is 12.6 Å². The molecule has 7 rings (SSSR count). The van der Waals surface area contributed by atoms with Crippen LogP contribution < -0.4 is 30.9 Å². The van der Waals surface area contributed by atoms with Gasteiger partial charge in [0.25, 0.3) is 5.56 Å². The average Bonchev–Trinajstić information content (AvgIpc) is 3.71. The molecule has 3 heterocycles. The minimum absolute atomic E-state index is 0.336. The molecule has 2 saturated heterocycles. The molecule has 0 saturated carbocycles. The lowest BCUT2D eigenvalue weighted by molar-refractivity contribution is -0.0606. The van der Waals surface area contributed by atoms with Gasteiger partial charge < -0.3 is 33.4 Å². The van der Waals surface area contributed by atoms with Crippen molar-refractivity contribution in [3.63, 3.8) is 0 Å². The first-order valence-electron chi connectivity index (χ1n) is 15.5. The molecule has 2 N–H and O–H groups in total. The van der Waals surface area contributed by atoms with Gasteiger partial charge >= 0.3 is 12.8 Å². The molecule has 244 valence electrons. The number of methoxy groups -OCH3 is 2. The molecule has 2 aliphatic heterocycles. The van der Waals surface area contributed by atoms with Crippen molar-refractivity contribution in [1.82, 2.24) is 9.55 Å². The smallest absolute Gasteiger partial charge is 0.494 e.